The molecule has 0 aromatic heterocycles. The van der Waals surface area contributed by atoms with Crippen LogP contribution in [0.15, 0.2) is 48.5 Å². The Bertz CT molecular complexity index is 924. The number of rotatable bonds is 8. The van der Waals surface area contributed by atoms with Crippen LogP contribution in [0.1, 0.15) is 11.1 Å². The van der Waals surface area contributed by atoms with Crippen molar-refractivity contribution >= 4 is 10.8 Å². The molecular formula is C22H25NO4. The molecule has 0 aliphatic carbocycles. The average Bonchev–Trinajstić information content (AvgIpc) is 2.72. The van der Waals surface area contributed by atoms with Crippen LogP contribution in [0.5, 0.6) is 23.0 Å². The fourth-order valence-electron chi connectivity index (χ4n) is 3.08. The van der Waals surface area contributed by atoms with Gasteiger partial charge in [-0.1, -0.05) is 18.2 Å². The number of hydrogen-bond donors (Lipinski definition) is 1. The molecule has 0 radical (unpaired) electrons. The van der Waals surface area contributed by atoms with Crippen molar-refractivity contribution < 1.29 is 18.9 Å². The Morgan fingerprint density at radius 3 is 2.00 bits per heavy atom. The maximum absolute atomic E-state index is 5.48. The summed E-state index contributed by atoms with van der Waals surface area (Å²) in [5, 5.41) is 5.83. The molecule has 0 spiro atoms. The van der Waals surface area contributed by atoms with E-state index in [2.05, 4.69) is 29.6 Å². The van der Waals surface area contributed by atoms with Crippen molar-refractivity contribution in [1.29, 1.82) is 0 Å². The van der Waals surface area contributed by atoms with E-state index in [1.165, 1.54) is 16.3 Å². The molecule has 0 atom stereocenters. The molecule has 0 saturated heterocycles. The van der Waals surface area contributed by atoms with E-state index < -0.39 is 0 Å². The van der Waals surface area contributed by atoms with Crippen molar-refractivity contribution in [3.63, 3.8) is 0 Å². The van der Waals surface area contributed by atoms with Gasteiger partial charge in [0.15, 0.2) is 11.5 Å². The first-order valence-electron chi connectivity index (χ1n) is 8.74. The van der Waals surface area contributed by atoms with Gasteiger partial charge in [0, 0.05) is 24.7 Å². The monoisotopic (exact) mass is 367 g/mol. The molecule has 3 aromatic rings. The molecule has 142 valence electrons. The van der Waals surface area contributed by atoms with E-state index in [0.29, 0.717) is 18.0 Å². The SMILES string of the molecule is COc1ccc2cc(CNCc3cc(OC)c(OC)cc3OC)ccc2c1. The summed E-state index contributed by atoms with van der Waals surface area (Å²) < 4.78 is 21.5. The van der Waals surface area contributed by atoms with Crippen molar-refractivity contribution in [2.24, 2.45) is 0 Å². The van der Waals surface area contributed by atoms with Crippen LogP contribution in [0.2, 0.25) is 0 Å². The lowest BCUT2D eigenvalue weighted by molar-refractivity contribution is 0.347. The lowest BCUT2D eigenvalue weighted by atomic mass is 10.1. The average molecular weight is 367 g/mol. The summed E-state index contributed by atoms with van der Waals surface area (Å²) in [7, 11) is 6.58. The van der Waals surface area contributed by atoms with Gasteiger partial charge in [-0.2, -0.15) is 0 Å². The maximum Gasteiger partial charge on any atom is 0.164 e. The number of methoxy groups -OCH3 is 4. The second kappa shape index (κ2) is 8.64. The lowest BCUT2D eigenvalue weighted by Crippen LogP contribution is -2.13. The highest BCUT2D eigenvalue weighted by Crippen LogP contribution is 2.34. The van der Waals surface area contributed by atoms with E-state index in [1.807, 2.05) is 24.3 Å². The third-order valence-electron chi connectivity index (χ3n) is 4.54. The van der Waals surface area contributed by atoms with Crippen molar-refractivity contribution in [3.8, 4) is 23.0 Å². The van der Waals surface area contributed by atoms with Crippen LogP contribution >= 0.6 is 0 Å². The van der Waals surface area contributed by atoms with Crippen LogP contribution in [0.25, 0.3) is 10.8 Å². The fraction of sp³-hybridized carbons (Fsp3) is 0.273. The standard InChI is InChI=1S/C22H25NO4/c1-24-19-8-7-16-9-15(5-6-17(16)10-19)13-23-14-18-11-21(26-3)22(27-4)12-20(18)25-2/h5-12,23H,13-14H2,1-4H3. The minimum atomic E-state index is 0.656. The van der Waals surface area contributed by atoms with Crippen LogP contribution in [0.3, 0.4) is 0 Å². The first kappa shape index (κ1) is 18.9. The largest absolute Gasteiger partial charge is 0.497 e. The first-order valence-corrected chi connectivity index (χ1v) is 8.74. The molecule has 0 aliphatic heterocycles. The molecule has 3 aromatic carbocycles. The van der Waals surface area contributed by atoms with Gasteiger partial charge in [-0.3, -0.25) is 0 Å². The Hall–Kier alpha value is -2.92. The number of nitrogens with one attached hydrogen (secondary N) is 1. The smallest absolute Gasteiger partial charge is 0.164 e. The number of hydrogen-bond acceptors (Lipinski definition) is 5. The number of ether oxygens (including phenoxy) is 4. The molecule has 5 heteroatoms. The van der Waals surface area contributed by atoms with Gasteiger partial charge in [-0.05, 0) is 40.6 Å². The second-order valence-electron chi connectivity index (χ2n) is 6.17. The van der Waals surface area contributed by atoms with Crippen LogP contribution < -0.4 is 24.3 Å². The molecule has 3 rings (SSSR count). The van der Waals surface area contributed by atoms with Crippen LogP contribution in [0.4, 0.5) is 0 Å². The van der Waals surface area contributed by atoms with Gasteiger partial charge in [0.25, 0.3) is 0 Å². The molecule has 0 amide bonds. The zero-order chi connectivity index (χ0) is 19.2. The van der Waals surface area contributed by atoms with Gasteiger partial charge in [0.05, 0.1) is 28.4 Å². The van der Waals surface area contributed by atoms with Crippen molar-refractivity contribution in [2.45, 2.75) is 13.1 Å². The third kappa shape index (κ3) is 4.26. The molecule has 1 N–H and O–H groups in total. The van der Waals surface area contributed by atoms with Gasteiger partial charge >= 0.3 is 0 Å². The molecule has 27 heavy (non-hydrogen) atoms. The zero-order valence-corrected chi connectivity index (χ0v) is 16.2. The summed E-state index contributed by atoms with van der Waals surface area (Å²) in [6, 6.07) is 16.3. The van der Waals surface area contributed by atoms with E-state index in [1.54, 1.807) is 28.4 Å². The summed E-state index contributed by atoms with van der Waals surface area (Å²) in [5.41, 5.74) is 2.23. The Labute approximate surface area is 159 Å². The van der Waals surface area contributed by atoms with E-state index in [4.69, 9.17) is 18.9 Å². The summed E-state index contributed by atoms with van der Waals surface area (Å²) in [6.07, 6.45) is 0. The van der Waals surface area contributed by atoms with Crippen LogP contribution in [-0.4, -0.2) is 28.4 Å². The summed E-state index contributed by atoms with van der Waals surface area (Å²) >= 11 is 0. The lowest BCUT2D eigenvalue weighted by Gasteiger charge is -2.14. The Morgan fingerprint density at radius 1 is 0.630 bits per heavy atom. The molecular weight excluding hydrogens is 342 g/mol. The fourth-order valence-corrected chi connectivity index (χ4v) is 3.08. The highest BCUT2D eigenvalue weighted by atomic mass is 16.5. The van der Waals surface area contributed by atoms with E-state index in [0.717, 1.165) is 23.6 Å². The normalized spacial score (nSPS) is 10.7. The van der Waals surface area contributed by atoms with Crippen LogP contribution in [0, 0.1) is 0 Å². The van der Waals surface area contributed by atoms with E-state index >= 15 is 0 Å². The quantitative estimate of drug-likeness (QED) is 0.648. The summed E-state index contributed by atoms with van der Waals surface area (Å²) in [4.78, 5) is 0. The molecule has 0 aliphatic rings. The van der Waals surface area contributed by atoms with E-state index in [-0.39, 0.29) is 0 Å². The topological polar surface area (TPSA) is 49.0 Å². The van der Waals surface area contributed by atoms with Gasteiger partial charge in [-0.25, -0.2) is 0 Å². The number of benzene rings is 3. The van der Waals surface area contributed by atoms with Gasteiger partial charge in [0.2, 0.25) is 0 Å². The van der Waals surface area contributed by atoms with Crippen molar-refractivity contribution in [3.05, 3.63) is 59.7 Å². The van der Waals surface area contributed by atoms with Gasteiger partial charge in [0.1, 0.15) is 11.5 Å². The molecule has 0 fully saturated rings. The highest BCUT2D eigenvalue weighted by Gasteiger charge is 2.11. The predicted molar refractivity (Wildman–Crippen MR) is 107 cm³/mol. The second-order valence-corrected chi connectivity index (χ2v) is 6.17. The molecule has 5 nitrogen and oxygen atoms in total. The highest BCUT2D eigenvalue weighted by molar-refractivity contribution is 5.84. The summed E-state index contributed by atoms with van der Waals surface area (Å²) in [6.45, 7) is 1.41. The molecule has 0 unspecified atom stereocenters. The third-order valence-corrected chi connectivity index (χ3v) is 4.54. The minimum absolute atomic E-state index is 0.656. The van der Waals surface area contributed by atoms with Crippen molar-refractivity contribution in [1.82, 2.24) is 5.32 Å². The predicted octanol–water partition coefficient (Wildman–Crippen LogP) is 4.16. The minimum Gasteiger partial charge on any atom is -0.497 e. The number of fused-ring (bicyclic) bond motifs is 1. The molecule has 0 saturated carbocycles. The Kier molecular flexibility index (Phi) is 6.04. The van der Waals surface area contributed by atoms with Gasteiger partial charge in [-0.15, -0.1) is 0 Å². The Balaban J connectivity index is 1.71. The molecule has 0 bridgehead atoms. The maximum atomic E-state index is 5.48. The van der Waals surface area contributed by atoms with Crippen molar-refractivity contribution in [2.75, 3.05) is 28.4 Å². The first-order chi connectivity index (χ1) is 13.2. The zero-order valence-electron chi connectivity index (χ0n) is 16.2. The summed E-state index contributed by atoms with van der Waals surface area (Å²) in [5.74, 6) is 2.98. The Morgan fingerprint density at radius 2 is 1.30 bits per heavy atom. The van der Waals surface area contributed by atoms with E-state index in [9.17, 15) is 0 Å². The van der Waals surface area contributed by atoms with Crippen LogP contribution in [-0.2, 0) is 13.1 Å². The van der Waals surface area contributed by atoms with Gasteiger partial charge < -0.3 is 24.3 Å². The molecule has 0 heterocycles.